The predicted molar refractivity (Wildman–Crippen MR) is 108 cm³/mol. The topological polar surface area (TPSA) is 91.4 Å². The minimum absolute atomic E-state index is 0.142. The Labute approximate surface area is 168 Å². The number of nitrogens with zero attached hydrogens (tertiary/aromatic N) is 2. The maximum atomic E-state index is 13.1. The summed E-state index contributed by atoms with van der Waals surface area (Å²) in [6.45, 7) is 5.64. The average Bonchev–Trinajstić information content (AvgIpc) is 2.84. The number of rotatable bonds is 5. The van der Waals surface area contributed by atoms with Crippen molar-refractivity contribution in [3.05, 3.63) is 53.3 Å². The van der Waals surface area contributed by atoms with Crippen LogP contribution in [-0.4, -0.2) is 28.4 Å². The van der Waals surface area contributed by atoms with Gasteiger partial charge in [0.25, 0.3) is 11.8 Å². The minimum atomic E-state index is -1.04. The molecule has 0 saturated carbocycles. The molecule has 146 valence electrons. The molecule has 1 saturated heterocycles. The second-order valence-electron chi connectivity index (χ2n) is 7.31. The number of anilines is 2. The second-order valence-corrected chi connectivity index (χ2v) is 7.71. The molecular weight excluding hydrogens is 380 g/mol. The summed E-state index contributed by atoms with van der Waals surface area (Å²) in [5.74, 6) is -0.683. The van der Waals surface area contributed by atoms with E-state index < -0.39 is 23.4 Å². The number of carbonyl (C=O) groups is 3. The summed E-state index contributed by atoms with van der Waals surface area (Å²) in [6.07, 6.45) is 1.98. The highest BCUT2D eigenvalue weighted by Crippen LogP contribution is 2.38. The van der Waals surface area contributed by atoms with E-state index in [0.717, 1.165) is 4.90 Å². The summed E-state index contributed by atoms with van der Waals surface area (Å²) in [5, 5.41) is 5.62. The van der Waals surface area contributed by atoms with E-state index in [4.69, 9.17) is 11.6 Å². The molecule has 0 bridgehead atoms. The number of nitrogens with one attached hydrogen (secondary N) is 2. The summed E-state index contributed by atoms with van der Waals surface area (Å²) in [5.41, 5.74) is -0.439. The Morgan fingerprint density at radius 1 is 1.25 bits per heavy atom. The van der Waals surface area contributed by atoms with Crippen LogP contribution in [0.5, 0.6) is 0 Å². The number of hydrogen-bond donors (Lipinski definition) is 2. The van der Waals surface area contributed by atoms with Crippen molar-refractivity contribution in [3.8, 4) is 0 Å². The smallest absolute Gasteiger partial charge is 0.323 e. The van der Waals surface area contributed by atoms with Crippen LogP contribution >= 0.6 is 11.6 Å². The van der Waals surface area contributed by atoms with Gasteiger partial charge in [-0.05, 0) is 43.5 Å². The van der Waals surface area contributed by atoms with Gasteiger partial charge in [-0.1, -0.05) is 37.6 Å². The molecule has 1 unspecified atom stereocenters. The van der Waals surface area contributed by atoms with Crippen molar-refractivity contribution in [2.75, 3.05) is 10.2 Å². The normalized spacial score (nSPS) is 19.1. The summed E-state index contributed by atoms with van der Waals surface area (Å²) < 4.78 is 0. The van der Waals surface area contributed by atoms with Gasteiger partial charge in [0.2, 0.25) is 0 Å². The summed E-state index contributed by atoms with van der Waals surface area (Å²) >= 11 is 6.33. The molecule has 2 N–H and O–H groups in total. The Bertz CT molecular complexity index is 932. The molecule has 1 atom stereocenters. The zero-order valence-corrected chi connectivity index (χ0v) is 16.6. The average molecular weight is 401 g/mol. The maximum Gasteiger partial charge on any atom is 0.329 e. The van der Waals surface area contributed by atoms with Crippen LogP contribution in [0.3, 0.4) is 0 Å². The Hall–Kier alpha value is -2.93. The molecule has 0 aliphatic carbocycles. The number of imide groups is 1. The fraction of sp³-hybridized carbons (Fsp3) is 0.300. The highest BCUT2D eigenvalue weighted by atomic mass is 35.5. The lowest BCUT2D eigenvalue weighted by molar-refractivity contribution is -0.122. The van der Waals surface area contributed by atoms with Crippen LogP contribution < -0.4 is 15.5 Å². The first kappa shape index (κ1) is 19.8. The van der Waals surface area contributed by atoms with E-state index in [1.807, 2.05) is 13.8 Å². The maximum absolute atomic E-state index is 13.1. The van der Waals surface area contributed by atoms with Crippen LogP contribution in [0.1, 0.15) is 37.7 Å². The van der Waals surface area contributed by atoms with Gasteiger partial charge in [0.05, 0.1) is 16.4 Å². The minimum Gasteiger partial charge on any atom is -0.323 e. The molecule has 4 amide bonds. The number of amides is 4. The van der Waals surface area contributed by atoms with Crippen molar-refractivity contribution in [1.29, 1.82) is 0 Å². The lowest BCUT2D eigenvalue weighted by atomic mass is 9.91. The second kappa shape index (κ2) is 7.59. The number of urea groups is 1. The van der Waals surface area contributed by atoms with E-state index in [0.29, 0.717) is 6.42 Å². The number of pyridine rings is 1. The lowest BCUT2D eigenvalue weighted by Gasteiger charge is -2.24. The number of halogens is 1. The Balaban J connectivity index is 1.98. The molecule has 1 aliphatic heterocycles. The molecule has 1 aliphatic rings. The molecule has 8 heteroatoms. The van der Waals surface area contributed by atoms with E-state index in [9.17, 15) is 14.4 Å². The SMILES string of the molecule is CC(C)CC1(C)NC(=O)N(c2c(Cl)cccc2NC(=O)c2ccccn2)C1=O. The molecular formula is C20H21ClN4O3. The van der Waals surface area contributed by atoms with Crippen LogP contribution in [0.2, 0.25) is 5.02 Å². The van der Waals surface area contributed by atoms with Gasteiger partial charge in [-0.15, -0.1) is 0 Å². The van der Waals surface area contributed by atoms with Gasteiger partial charge in [0, 0.05) is 6.20 Å². The summed E-state index contributed by atoms with van der Waals surface area (Å²) in [7, 11) is 0. The van der Waals surface area contributed by atoms with Gasteiger partial charge < -0.3 is 10.6 Å². The van der Waals surface area contributed by atoms with E-state index >= 15 is 0 Å². The van der Waals surface area contributed by atoms with E-state index in [1.165, 1.54) is 6.20 Å². The molecule has 0 radical (unpaired) electrons. The fourth-order valence-electron chi connectivity index (χ4n) is 3.37. The Morgan fingerprint density at radius 2 is 2.00 bits per heavy atom. The first-order valence-electron chi connectivity index (χ1n) is 8.90. The number of benzene rings is 1. The number of carbonyl (C=O) groups excluding carboxylic acids is 3. The van der Waals surface area contributed by atoms with Crippen molar-refractivity contribution in [2.24, 2.45) is 5.92 Å². The zero-order valence-electron chi connectivity index (χ0n) is 15.8. The summed E-state index contributed by atoms with van der Waals surface area (Å²) in [4.78, 5) is 43.3. The van der Waals surface area contributed by atoms with Gasteiger partial charge in [0.15, 0.2) is 0 Å². The van der Waals surface area contributed by atoms with Gasteiger partial charge in [-0.25, -0.2) is 9.69 Å². The molecule has 3 rings (SSSR count). The van der Waals surface area contributed by atoms with Crippen LogP contribution in [0, 0.1) is 5.92 Å². The monoisotopic (exact) mass is 400 g/mol. The molecule has 2 aromatic rings. The first-order valence-corrected chi connectivity index (χ1v) is 9.28. The van der Waals surface area contributed by atoms with Crippen LogP contribution in [0.15, 0.2) is 42.6 Å². The van der Waals surface area contributed by atoms with Crippen molar-refractivity contribution < 1.29 is 14.4 Å². The molecule has 1 aromatic heterocycles. The van der Waals surface area contributed by atoms with Gasteiger partial charge in [-0.2, -0.15) is 0 Å². The number of hydrogen-bond acceptors (Lipinski definition) is 4. The first-order chi connectivity index (χ1) is 13.2. The largest absolute Gasteiger partial charge is 0.329 e. The van der Waals surface area contributed by atoms with Crippen LogP contribution in [-0.2, 0) is 4.79 Å². The summed E-state index contributed by atoms with van der Waals surface area (Å²) in [6, 6.07) is 9.15. The quantitative estimate of drug-likeness (QED) is 0.746. The van der Waals surface area contributed by atoms with Crippen LogP contribution in [0.4, 0.5) is 16.2 Å². The third-order valence-electron chi connectivity index (χ3n) is 4.43. The van der Waals surface area contributed by atoms with Gasteiger partial charge in [-0.3, -0.25) is 14.6 Å². The fourth-order valence-corrected chi connectivity index (χ4v) is 3.63. The molecule has 1 aromatic carbocycles. The Kier molecular flexibility index (Phi) is 5.38. The zero-order chi connectivity index (χ0) is 20.5. The highest BCUT2D eigenvalue weighted by molar-refractivity contribution is 6.37. The Morgan fingerprint density at radius 3 is 2.64 bits per heavy atom. The lowest BCUT2D eigenvalue weighted by Crippen LogP contribution is -2.45. The van der Waals surface area contributed by atoms with Gasteiger partial charge >= 0.3 is 6.03 Å². The molecule has 28 heavy (non-hydrogen) atoms. The van der Waals surface area contributed by atoms with Crippen molar-refractivity contribution in [1.82, 2.24) is 10.3 Å². The molecule has 2 heterocycles. The van der Waals surface area contributed by atoms with Gasteiger partial charge in [0.1, 0.15) is 11.2 Å². The number of para-hydroxylation sites is 1. The highest BCUT2D eigenvalue weighted by Gasteiger charge is 2.49. The van der Waals surface area contributed by atoms with E-state index in [2.05, 4.69) is 15.6 Å². The predicted octanol–water partition coefficient (Wildman–Crippen LogP) is 3.85. The van der Waals surface area contributed by atoms with Crippen molar-refractivity contribution >= 4 is 40.8 Å². The standard InChI is InChI=1S/C20H21ClN4O3/c1-12(2)11-20(3)18(27)25(19(28)24-20)16-13(21)7-6-9-14(16)23-17(26)15-8-4-5-10-22-15/h4-10,12H,11H2,1-3H3,(H,23,26)(H,24,28). The molecule has 7 nitrogen and oxygen atoms in total. The molecule has 1 fully saturated rings. The number of aromatic nitrogens is 1. The van der Waals surface area contributed by atoms with Crippen LogP contribution in [0.25, 0.3) is 0 Å². The molecule has 0 spiro atoms. The van der Waals surface area contributed by atoms with Crippen molar-refractivity contribution in [2.45, 2.75) is 32.7 Å². The van der Waals surface area contributed by atoms with E-state index in [-0.39, 0.29) is 28.0 Å². The van der Waals surface area contributed by atoms with E-state index in [1.54, 1.807) is 43.3 Å². The van der Waals surface area contributed by atoms with Crippen molar-refractivity contribution in [3.63, 3.8) is 0 Å². The third-order valence-corrected chi connectivity index (χ3v) is 4.74. The third kappa shape index (κ3) is 3.71.